The van der Waals surface area contributed by atoms with Crippen LogP contribution < -0.4 is 5.32 Å². The number of ether oxygens (including phenoxy) is 1. The van der Waals surface area contributed by atoms with Crippen molar-refractivity contribution in [3.63, 3.8) is 0 Å². The van der Waals surface area contributed by atoms with Crippen LogP contribution in [-0.4, -0.2) is 7.11 Å². The Morgan fingerprint density at radius 2 is 1.95 bits per heavy atom. The molecule has 0 aliphatic carbocycles. The van der Waals surface area contributed by atoms with Crippen LogP contribution >= 0.6 is 11.6 Å². The maximum Gasteiger partial charge on any atom is 0.101 e. The second-order valence-corrected chi connectivity index (χ2v) is 4.79. The van der Waals surface area contributed by atoms with Gasteiger partial charge in [0.05, 0.1) is 17.9 Å². The van der Waals surface area contributed by atoms with Gasteiger partial charge in [0.15, 0.2) is 0 Å². The van der Waals surface area contributed by atoms with E-state index >= 15 is 0 Å². The van der Waals surface area contributed by atoms with Crippen LogP contribution in [0.5, 0.6) is 0 Å². The fourth-order valence-electron chi connectivity index (χ4n) is 1.98. The Morgan fingerprint density at radius 3 is 2.65 bits per heavy atom. The first-order valence-corrected chi connectivity index (χ1v) is 6.61. The molecule has 0 saturated heterocycles. The average Bonchev–Trinajstić information content (AvgIpc) is 2.47. The lowest BCUT2D eigenvalue weighted by Gasteiger charge is -2.12. The minimum absolute atomic E-state index is 0.568. The van der Waals surface area contributed by atoms with Gasteiger partial charge in [-0.2, -0.15) is 5.26 Å². The van der Waals surface area contributed by atoms with Crippen molar-refractivity contribution in [2.75, 3.05) is 12.4 Å². The van der Waals surface area contributed by atoms with Crippen molar-refractivity contribution in [3.05, 3.63) is 64.2 Å². The van der Waals surface area contributed by atoms with Gasteiger partial charge in [-0.15, -0.1) is 0 Å². The minimum atomic E-state index is 0.568. The molecule has 0 heterocycles. The molecule has 3 nitrogen and oxygen atoms in total. The first kappa shape index (κ1) is 14.4. The normalized spacial score (nSPS) is 10.1. The van der Waals surface area contributed by atoms with Gasteiger partial charge >= 0.3 is 0 Å². The Hall–Kier alpha value is -2.02. The van der Waals surface area contributed by atoms with Crippen LogP contribution in [0.15, 0.2) is 42.5 Å². The lowest BCUT2D eigenvalue weighted by molar-refractivity contribution is 0.184. The largest absolute Gasteiger partial charge is 0.380 e. The molecule has 0 amide bonds. The van der Waals surface area contributed by atoms with Crippen LogP contribution in [0.1, 0.15) is 16.7 Å². The standard InChI is InChI=1S/C16H15ClN2O/c1-20-11-14-5-3-2-4-13(14)10-19-16-8-15(17)7-6-12(16)9-18/h2-8,19H,10-11H2,1H3. The fraction of sp³-hybridized carbons (Fsp3) is 0.188. The monoisotopic (exact) mass is 286 g/mol. The summed E-state index contributed by atoms with van der Waals surface area (Å²) in [5.74, 6) is 0. The van der Waals surface area contributed by atoms with Crippen molar-refractivity contribution < 1.29 is 4.74 Å². The summed E-state index contributed by atoms with van der Waals surface area (Å²) < 4.78 is 5.18. The summed E-state index contributed by atoms with van der Waals surface area (Å²) in [6.07, 6.45) is 0. The predicted octanol–water partition coefficient (Wildman–Crippen LogP) is 3.97. The van der Waals surface area contributed by atoms with E-state index in [2.05, 4.69) is 11.4 Å². The van der Waals surface area contributed by atoms with Gasteiger partial charge in [-0.3, -0.25) is 0 Å². The lowest BCUT2D eigenvalue weighted by Crippen LogP contribution is -2.04. The number of nitriles is 1. The fourth-order valence-corrected chi connectivity index (χ4v) is 2.15. The van der Waals surface area contributed by atoms with Gasteiger partial charge in [-0.05, 0) is 29.3 Å². The average molecular weight is 287 g/mol. The van der Waals surface area contributed by atoms with Crippen LogP contribution in [0.2, 0.25) is 5.02 Å². The maximum absolute atomic E-state index is 9.09. The van der Waals surface area contributed by atoms with Gasteiger partial charge in [0.2, 0.25) is 0 Å². The van der Waals surface area contributed by atoms with Crippen LogP contribution in [0.25, 0.3) is 0 Å². The molecule has 2 aromatic carbocycles. The smallest absolute Gasteiger partial charge is 0.101 e. The summed E-state index contributed by atoms with van der Waals surface area (Å²) >= 11 is 5.97. The summed E-state index contributed by atoms with van der Waals surface area (Å²) in [4.78, 5) is 0. The van der Waals surface area contributed by atoms with Gasteiger partial charge in [-0.25, -0.2) is 0 Å². The number of hydrogen-bond acceptors (Lipinski definition) is 3. The molecule has 4 heteroatoms. The van der Waals surface area contributed by atoms with E-state index in [0.717, 1.165) is 16.8 Å². The van der Waals surface area contributed by atoms with Crippen molar-refractivity contribution in [3.8, 4) is 6.07 Å². The van der Waals surface area contributed by atoms with E-state index in [1.54, 1.807) is 25.3 Å². The first-order valence-electron chi connectivity index (χ1n) is 6.24. The molecular formula is C16H15ClN2O. The van der Waals surface area contributed by atoms with E-state index in [9.17, 15) is 0 Å². The molecule has 0 saturated carbocycles. The summed E-state index contributed by atoms with van der Waals surface area (Å²) in [6.45, 7) is 1.19. The third-order valence-corrected chi connectivity index (χ3v) is 3.22. The van der Waals surface area contributed by atoms with Gasteiger partial charge in [-0.1, -0.05) is 35.9 Å². The van der Waals surface area contributed by atoms with Crippen molar-refractivity contribution >= 4 is 17.3 Å². The zero-order valence-electron chi connectivity index (χ0n) is 11.2. The molecule has 0 aliphatic heterocycles. The Balaban J connectivity index is 2.17. The summed E-state index contributed by atoms with van der Waals surface area (Å²) in [5, 5.41) is 13.0. The molecule has 2 aromatic rings. The second kappa shape index (κ2) is 6.95. The Kier molecular flexibility index (Phi) is 5.00. The van der Waals surface area contributed by atoms with E-state index in [0.29, 0.717) is 23.7 Å². The number of rotatable bonds is 5. The zero-order chi connectivity index (χ0) is 14.4. The molecule has 0 unspecified atom stereocenters. The van der Waals surface area contributed by atoms with Crippen LogP contribution in [0.3, 0.4) is 0 Å². The highest BCUT2D eigenvalue weighted by Crippen LogP contribution is 2.21. The van der Waals surface area contributed by atoms with Gasteiger partial charge in [0.25, 0.3) is 0 Å². The molecule has 102 valence electrons. The Morgan fingerprint density at radius 1 is 1.20 bits per heavy atom. The highest BCUT2D eigenvalue weighted by Gasteiger charge is 2.05. The quantitative estimate of drug-likeness (QED) is 0.904. The minimum Gasteiger partial charge on any atom is -0.380 e. The van der Waals surface area contributed by atoms with Gasteiger partial charge in [0, 0.05) is 18.7 Å². The molecular weight excluding hydrogens is 272 g/mol. The molecule has 0 radical (unpaired) electrons. The Labute approximate surface area is 123 Å². The first-order chi connectivity index (χ1) is 9.74. The molecule has 0 atom stereocenters. The second-order valence-electron chi connectivity index (χ2n) is 4.36. The molecule has 20 heavy (non-hydrogen) atoms. The third-order valence-electron chi connectivity index (χ3n) is 2.99. The van der Waals surface area contributed by atoms with Crippen molar-refractivity contribution in [2.45, 2.75) is 13.2 Å². The number of nitrogens with zero attached hydrogens (tertiary/aromatic N) is 1. The number of halogens is 1. The number of benzene rings is 2. The molecule has 0 aromatic heterocycles. The van der Waals surface area contributed by atoms with Gasteiger partial charge in [0.1, 0.15) is 6.07 Å². The maximum atomic E-state index is 9.09. The zero-order valence-corrected chi connectivity index (χ0v) is 11.9. The van der Waals surface area contributed by atoms with Crippen molar-refractivity contribution in [1.29, 1.82) is 5.26 Å². The summed E-state index contributed by atoms with van der Waals surface area (Å²) in [6, 6.07) is 15.4. The van der Waals surface area contributed by atoms with Crippen LogP contribution in [0.4, 0.5) is 5.69 Å². The summed E-state index contributed by atoms with van der Waals surface area (Å²) in [5.41, 5.74) is 3.59. The lowest BCUT2D eigenvalue weighted by atomic mass is 10.1. The number of nitrogens with one attached hydrogen (secondary N) is 1. The van der Waals surface area contributed by atoms with E-state index in [1.807, 2.05) is 24.3 Å². The highest BCUT2D eigenvalue weighted by atomic mass is 35.5. The topological polar surface area (TPSA) is 45.0 Å². The van der Waals surface area contributed by atoms with E-state index in [4.69, 9.17) is 21.6 Å². The van der Waals surface area contributed by atoms with Crippen molar-refractivity contribution in [1.82, 2.24) is 0 Å². The predicted molar refractivity (Wildman–Crippen MR) is 80.6 cm³/mol. The Bertz CT molecular complexity index is 635. The molecule has 0 aliphatic rings. The van der Waals surface area contributed by atoms with Crippen molar-refractivity contribution in [2.24, 2.45) is 0 Å². The van der Waals surface area contributed by atoms with E-state index in [1.165, 1.54) is 0 Å². The van der Waals surface area contributed by atoms with Gasteiger partial charge < -0.3 is 10.1 Å². The molecule has 0 fully saturated rings. The van der Waals surface area contributed by atoms with Crippen LogP contribution in [0, 0.1) is 11.3 Å². The van der Waals surface area contributed by atoms with Crippen LogP contribution in [-0.2, 0) is 17.9 Å². The molecule has 1 N–H and O–H groups in total. The van der Waals surface area contributed by atoms with E-state index < -0.39 is 0 Å². The number of hydrogen-bond donors (Lipinski definition) is 1. The number of anilines is 1. The third kappa shape index (κ3) is 3.51. The molecule has 2 rings (SSSR count). The SMILES string of the molecule is COCc1ccccc1CNc1cc(Cl)ccc1C#N. The molecule has 0 bridgehead atoms. The van der Waals surface area contributed by atoms with E-state index in [-0.39, 0.29) is 0 Å². The highest BCUT2D eigenvalue weighted by molar-refractivity contribution is 6.30. The molecule has 0 spiro atoms. The summed E-state index contributed by atoms with van der Waals surface area (Å²) in [7, 11) is 1.68. The number of methoxy groups -OCH3 is 1.